The largest absolute Gasteiger partial charge is 0.361 e. The third kappa shape index (κ3) is 1.06. The van der Waals surface area contributed by atoms with Gasteiger partial charge >= 0.3 is 0 Å². The van der Waals surface area contributed by atoms with E-state index in [4.69, 9.17) is 4.52 Å². The minimum Gasteiger partial charge on any atom is -0.361 e. The molecule has 1 fully saturated rings. The molecule has 0 bridgehead atoms. The van der Waals surface area contributed by atoms with Gasteiger partial charge in [-0.25, -0.2) is 0 Å². The molecule has 2 rings (SSSR count). The summed E-state index contributed by atoms with van der Waals surface area (Å²) in [5.41, 5.74) is 2.43. The summed E-state index contributed by atoms with van der Waals surface area (Å²) in [5, 5.41) is 4.02. The predicted molar refractivity (Wildman–Crippen MR) is 47.2 cm³/mol. The van der Waals surface area contributed by atoms with Crippen molar-refractivity contribution in [3.8, 4) is 0 Å². The number of rotatable bonds is 2. The van der Waals surface area contributed by atoms with E-state index in [0.717, 1.165) is 12.1 Å². The highest BCUT2D eigenvalue weighted by Gasteiger charge is 2.26. The molecule has 0 spiro atoms. The molecule has 1 aromatic rings. The van der Waals surface area contributed by atoms with Crippen molar-refractivity contribution in [1.29, 1.82) is 0 Å². The zero-order chi connectivity index (χ0) is 8.55. The fraction of sp³-hybridized carbons (Fsp3) is 0.700. The van der Waals surface area contributed by atoms with Crippen LogP contribution < -0.4 is 0 Å². The van der Waals surface area contributed by atoms with Crippen molar-refractivity contribution < 1.29 is 4.52 Å². The minimum atomic E-state index is 0.682. The Balaban J connectivity index is 2.29. The molecular weight excluding hydrogens is 150 g/mol. The van der Waals surface area contributed by atoms with Crippen LogP contribution in [0.4, 0.5) is 0 Å². The first-order valence-electron chi connectivity index (χ1n) is 4.78. The van der Waals surface area contributed by atoms with Crippen molar-refractivity contribution >= 4 is 0 Å². The summed E-state index contributed by atoms with van der Waals surface area (Å²) in [7, 11) is 0. The SMILES string of the molecule is CCc1c(C)noc1C1CCC1. The van der Waals surface area contributed by atoms with Crippen molar-refractivity contribution in [2.45, 2.75) is 45.4 Å². The monoisotopic (exact) mass is 165 g/mol. The summed E-state index contributed by atoms with van der Waals surface area (Å²) in [6.07, 6.45) is 5.00. The van der Waals surface area contributed by atoms with E-state index in [0.29, 0.717) is 5.92 Å². The van der Waals surface area contributed by atoms with E-state index in [1.165, 1.54) is 30.6 Å². The summed E-state index contributed by atoms with van der Waals surface area (Å²) in [4.78, 5) is 0. The smallest absolute Gasteiger partial charge is 0.143 e. The molecule has 0 saturated heterocycles. The fourth-order valence-corrected chi connectivity index (χ4v) is 1.83. The van der Waals surface area contributed by atoms with E-state index in [2.05, 4.69) is 12.1 Å². The van der Waals surface area contributed by atoms with Crippen LogP contribution in [0.1, 0.15) is 49.1 Å². The summed E-state index contributed by atoms with van der Waals surface area (Å²) in [6.45, 7) is 4.20. The highest BCUT2D eigenvalue weighted by molar-refractivity contribution is 5.25. The molecule has 12 heavy (non-hydrogen) atoms. The lowest BCUT2D eigenvalue weighted by atomic mass is 9.81. The van der Waals surface area contributed by atoms with E-state index < -0.39 is 0 Å². The normalized spacial score (nSPS) is 17.8. The minimum absolute atomic E-state index is 0.682. The Morgan fingerprint density at radius 1 is 1.50 bits per heavy atom. The average Bonchev–Trinajstić information content (AvgIpc) is 2.29. The van der Waals surface area contributed by atoms with Crippen LogP contribution in [0, 0.1) is 6.92 Å². The molecule has 1 aliphatic rings. The van der Waals surface area contributed by atoms with Crippen molar-refractivity contribution in [2.75, 3.05) is 0 Å². The van der Waals surface area contributed by atoms with Gasteiger partial charge in [-0.2, -0.15) is 0 Å². The molecule has 1 saturated carbocycles. The Kier molecular flexibility index (Phi) is 1.91. The van der Waals surface area contributed by atoms with Gasteiger partial charge in [0, 0.05) is 11.5 Å². The molecule has 66 valence electrons. The Labute approximate surface area is 72.9 Å². The lowest BCUT2D eigenvalue weighted by Gasteiger charge is -2.23. The maximum Gasteiger partial charge on any atom is 0.143 e. The van der Waals surface area contributed by atoms with Crippen LogP contribution in [0.15, 0.2) is 4.52 Å². The van der Waals surface area contributed by atoms with Crippen LogP contribution in [0.5, 0.6) is 0 Å². The van der Waals surface area contributed by atoms with Crippen LogP contribution in [0.25, 0.3) is 0 Å². The highest BCUT2D eigenvalue weighted by Crippen LogP contribution is 2.38. The summed E-state index contributed by atoms with van der Waals surface area (Å²) in [6, 6.07) is 0. The summed E-state index contributed by atoms with van der Waals surface area (Å²) < 4.78 is 5.34. The lowest BCUT2D eigenvalue weighted by Crippen LogP contribution is -2.09. The second kappa shape index (κ2) is 2.92. The molecule has 0 atom stereocenters. The lowest BCUT2D eigenvalue weighted by molar-refractivity contribution is 0.297. The van der Waals surface area contributed by atoms with Gasteiger partial charge < -0.3 is 4.52 Å². The Bertz CT molecular complexity index is 273. The van der Waals surface area contributed by atoms with E-state index in [-0.39, 0.29) is 0 Å². The first-order chi connectivity index (χ1) is 5.83. The Hall–Kier alpha value is -0.790. The van der Waals surface area contributed by atoms with Gasteiger partial charge in [-0.3, -0.25) is 0 Å². The molecular formula is C10H15NO. The zero-order valence-corrected chi connectivity index (χ0v) is 7.76. The van der Waals surface area contributed by atoms with Crippen molar-refractivity contribution in [3.05, 3.63) is 17.0 Å². The van der Waals surface area contributed by atoms with E-state index >= 15 is 0 Å². The maximum absolute atomic E-state index is 5.34. The average molecular weight is 165 g/mol. The molecule has 0 aromatic carbocycles. The third-order valence-corrected chi connectivity index (χ3v) is 2.84. The molecule has 0 amide bonds. The van der Waals surface area contributed by atoms with Gasteiger partial charge in [0.05, 0.1) is 5.69 Å². The molecule has 0 aliphatic heterocycles. The zero-order valence-electron chi connectivity index (χ0n) is 7.76. The molecule has 2 nitrogen and oxygen atoms in total. The molecule has 1 heterocycles. The van der Waals surface area contributed by atoms with Crippen molar-refractivity contribution in [2.24, 2.45) is 0 Å². The molecule has 1 aliphatic carbocycles. The quantitative estimate of drug-likeness (QED) is 0.673. The number of aromatic nitrogens is 1. The van der Waals surface area contributed by atoms with E-state index in [1.807, 2.05) is 6.92 Å². The topological polar surface area (TPSA) is 26.0 Å². The standard InChI is InChI=1S/C10H15NO/c1-3-9-7(2)11-12-10(9)8-5-4-6-8/h8H,3-6H2,1-2H3. The highest BCUT2D eigenvalue weighted by atomic mass is 16.5. The second-order valence-corrected chi connectivity index (χ2v) is 3.59. The number of hydrogen-bond donors (Lipinski definition) is 0. The van der Waals surface area contributed by atoms with Gasteiger partial charge in [-0.1, -0.05) is 18.5 Å². The predicted octanol–water partition coefficient (Wildman–Crippen LogP) is 2.81. The van der Waals surface area contributed by atoms with Crippen LogP contribution in [-0.2, 0) is 6.42 Å². The van der Waals surface area contributed by atoms with Crippen molar-refractivity contribution in [3.63, 3.8) is 0 Å². The van der Waals surface area contributed by atoms with Crippen molar-refractivity contribution in [1.82, 2.24) is 5.16 Å². The van der Waals surface area contributed by atoms with Gasteiger partial charge in [-0.05, 0) is 26.2 Å². The molecule has 0 radical (unpaired) electrons. The van der Waals surface area contributed by atoms with Crippen LogP contribution >= 0.6 is 0 Å². The van der Waals surface area contributed by atoms with Crippen LogP contribution in [0.2, 0.25) is 0 Å². The number of nitrogens with zero attached hydrogens (tertiary/aromatic N) is 1. The third-order valence-electron chi connectivity index (χ3n) is 2.84. The van der Waals surface area contributed by atoms with E-state index in [9.17, 15) is 0 Å². The molecule has 0 unspecified atom stereocenters. The molecule has 2 heteroatoms. The molecule has 1 aromatic heterocycles. The van der Waals surface area contributed by atoms with Crippen LogP contribution in [0.3, 0.4) is 0 Å². The Morgan fingerprint density at radius 3 is 2.75 bits per heavy atom. The van der Waals surface area contributed by atoms with Gasteiger partial charge in [0.25, 0.3) is 0 Å². The van der Waals surface area contributed by atoms with Gasteiger partial charge in [-0.15, -0.1) is 0 Å². The first kappa shape index (κ1) is 7.84. The first-order valence-corrected chi connectivity index (χ1v) is 4.78. The number of hydrogen-bond acceptors (Lipinski definition) is 2. The van der Waals surface area contributed by atoms with Gasteiger partial charge in [0.1, 0.15) is 5.76 Å². The fourth-order valence-electron chi connectivity index (χ4n) is 1.83. The van der Waals surface area contributed by atoms with Crippen LogP contribution in [-0.4, -0.2) is 5.16 Å². The maximum atomic E-state index is 5.34. The summed E-state index contributed by atoms with van der Waals surface area (Å²) >= 11 is 0. The molecule has 0 N–H and O–H groups in total. The summed E-state index contributed by atoms with van der Waals surface area (Å²) in [5.74, 6) is 1.85. The van der Waals surface area contributed by atoms with E-state index in [1.54, 1.807) is 0 Å². The van der Waals surface area contributed by atoms with Gasteiger partial charge in [0.15, 0.2) is 0 Å². The van der Waals surface area contributed by atoms with Gasteiger partial charge in [0.2, 0.25) is 0 Å². The number of aryl methyl sites for hydroxylation is 1. The second-order valence-electron chi connectivity index (χ2n) is 3.59. The Morgan fingerprint density at radius 2 is 2.25 bits per heavy atom.